The summed E-state index contributed by atoms with van der Waals surface area (Å²) in [5.74, 6) is 0.188. The number of nitrogens with zero attached hydrogens (tertiary/aromatic N) is 3. The van der Waals surface area contributed by atoms with Crippen LogP contribution in [0.3, 0.4) is 0 Å². The van der Waals surface area contributed by atoms with E-state index in [9.17, 15) is 4.79 Å². The van der Waals surface area contributed by atoms with Gasteiger partial charge in [-0.15, -0.1) is 12.4 Å². The molecule has 142 valence electrons. The fourth-order valence-electron chi connectivity index (χ4n) is 3.48. The van der Waals surface area contributed by atoms with Crippen molar-refractivity contribution < 1.29 is 9.90 Å². The Bertz CT molecular complexity index is 744. The number of halogens is 1. The lowest BCUT2D eigenvalue weighted by atomic mass is 10.0. The molecule has 2 heterocycles. The molecular formula is C19H27ClN4O2. The molecule has 2 atom stereocenters. The summed E-state index contributed by atoms with van der Waals surface area (Å²) in [5, 5.41) is 13.6. The van der Waals surface area contributed by atoms with Crippen LogP contribution in [-0.4, -0.2) is 51.4 Å². The largest absolute Gasteiger partial charge is 0.396 e. The van der Waals surface area contributed by atoms with Gasteiger partial charge in [0.05, 0.1) is 12.2 Å². The van der Waals surface area contributed by atoms with Gasteiger partial charge in [0.1, 0.15) is 0 Å². The van der Waals surface area contributed by atoms with Crippen LogP contribution in [0.4, 0.5) is 0 Å². The first-order valence-electron chi connectivity index (χ1n) is 8.73. The third kappa shape index (κ3) is 4.44. The maximum absolute atomic E-state index is 12.7. The van der Waals surface area contributed by atoms with Crippen LogP contribution in [0.1, 0.15) is 33.7 Å². The van der Waals surface area contributed by atoms with E-state index < -0.39 is 0 Å². The van der Waals surface area contributed by atoms with E-state index in [1.165, 1.54) is 0 Å². The van der Waals surface area contributed by atoms with E-state index in [0.717, 1.165) is 17.0 Å². The highest BCUT2D eigenvalue weighted by Gasteiger charge is 2.32. The third-order valence-electron chi connectivity index (χ3n) is 4.92. The average molecular weight is 379 g/mol. The van der Waals surface area contributed by atoms with Gasteiger partial charge in [0.15, 0.2) is 0 Å². The van der Waals surface area contributed by atoms with Gasteiger partial charge < -0.3 is 15.7 Å². The minimum absolute atomic E-state index is 0. The van der Waals surface area contributed by atoms with Crippen LogP contribution >= 0.6 is 12.4 Å². The van der Waals surface area contributed by atoms with E-state index in [4.69, 9.17) is 10.8 Å². The number of aromatic nitrogens is 2. The van der Waals surface area contributed by atoms with Crippen LogP contribution in [-0.2, 0) is 6.54 Å². The van der Waals surface area contributed by atoms with Crippen LogP contribution in [0, 0.1) is 19.8 Å². The normalized spacial score (nSPS) is 19.5. The van der Waals surface area contributed by atoms with E-state index >= 15 is 0 Å². The molecule has 26 heavy (non-hydrogen) atoms. The topological polar surface area (TPSA) is 84.4 Å². The Labute approximate surface area is 160 Å². The number of amides is 1. The van der Waals surface area contributed by atoms with Gasteiger partial charge in [0.25, 0.3) is 5.91 Å². The second-order valence-corrected chi connectivity index (χ2v) is 6.93. The summed E-state index contributed by atoms with van der Waals surface area (Å²) in [5.41, 5.74) is 10.00. The summed E-state index contributed by atoms with van der Waals surface area (Å²) < 4.78 is 1.96. The van der Waals surface area contributed by atoms with Crippen molar-refractivity contribution in [1.29, 1.82) is 0 Å². The van der Waals surface area contributed by atoms with Crippen molar-refractivity contribution in [1.82, 2.24) is 14.7 Å². The van der Waals surface area contributed by atoms with Gasteiger partial charge in [-0.25, -0.2) is 0 Å². The zero-order valence-corrected chi connectivity index (χ0v) is 16.1. The molecule has 3 N–H and O–H groups in total. The molecule has 0 radical (unpaired) electrons. The Morgan fingerprint density at radius 2 is 1.96 bits per heavy atom. The maximum Gasteiger partial charge on any atom is 0.253 e. The zero-order valence-electron chi connectivity index (χ0n) is 15.3. The van der Waals surface area contributed by atoms with Gasteiger partial charge in [-0.3, -0.25) is 9.48 Å². The second kappa shape index (κ2) is 8.66. The van der Waals surface area contributed by atoms with Crippen molar-refractivity contribution in [2.75, 3.05) is 19.7 Å². The molecule has 2 aromatic rings. The molecule has 1 aromatic carbocycles. The molecule has 1 aliphatic rings. The molecule has 0 unspecified atom stereocenters. The lowest BCUT2D eigenvalue weighted by molar-refractivity contribution is 0.0784. The number of benzene rings is 1. The second-order valence-electron chi connectivity index (χ2n) is 6.93. The van der Waals surface area contributed by atoms with E-state index in [2.05, 4.69) is 11.2 Å². The molecule has 0 spiro atoms. The van der Waals surface area contributed by atoms with Gasteiger partial charge in [0, 0.05) is 37.0 Å². The quantitative estimate of drug-likeness (QED) is 0.830. The van der Waals surface area contributed by atoms with Crippen LogP contribution in [0.2, 0.25) is 0 Å². The molecule has 0 bridgehead atoms. The molecule has 0 saturated carbocycles. The van der Waals surface area contributed by atoms with Crippen molar-refractivity contribution >= 4 is 18.3 Å². The standard InChI is InChI=1S/C19H26N4O2.ClH/c1-13-9-14(2)23(21-13)10-15-3-5-16(6-4-15)19(25)22-11-17(7-8-24)18(20)12-22;/h3-6,9,17-18,24H,7-8,10-12,20H2,1-2H3;1H/t17-,18-;/m0./s1. The Hall–Kier alpha value is -1.89. The first kappa shape index (κ1) is 20.4. The molecule has 3 rings (SSSR count). The molecule has 6 nitrogen and oxygen atoms in total. The van der Waals surface area contributed by atoms with Gasteiger partial charge >= 0.3 is 0 Å². The van der Waals surface area contributed by atoms with Gasteiger partial charge in [-0.1, -0.05) is 12.1 Å². The van der Waals surface area contributed by atoms with Crippen molar-refractivity contribution in [3.8, 4) is 0 Å². The van der Waals surface area contributed by atoms with Crippen LogP contribution in [0.15, 0.2) is 30.3 Å². The Balaban J connectivity index is 0.00000243. The first-order valence-corrected chi connectivity index (χ1v) is 8.73. The molecule has 1 fully saturated rings. The fraction of sp³-hybridized carbons (Fsp3) is 0.474. The number of aryl methyl sites for hydroxylation is 2. The number of carbonyl (C=O) groups excluding carboxylic acids is 1. The van der Waals surface area contributed by atoms with Gasteiger partial charge in [-0.05, 0) is 49.9 Å². The van der Waals surface area contributed by atoms with Crippen LogP contribution in [0.25, 0.3) is 0 Å². The first-order chi connectivity index (χ1) is 12.0. The predicted molar refractivity (Wildman–Crippen MR) is 104 cm³/mol. The lowest BCUT2D eigenvalue weighted by Crippen LogP contribution is -2.32. The van der Waals surface area contributed by atoms with E-state index in [1.807, 2.05) is 42.8 Å². The lowest BCUT2D eigenvalue weighted by Gasteiger charge is -2.16. The summed E-state index contributed by atoms with van der Waals surface area (Å²) in [6.45, 7) is 6.00. The SMILES string of the molecule is Cc1cc(C)n(Cc2ccc(C(=O)N3C[C@H](CCO)[C@@H](N)C3)cc2)n1.Cl. The summed E-state index contributed by atoms with van der Waals surface area (Å²) in [6.07, 6.45) is 0.645. The number of hydrogen-bond donors (Lipinski definition) is 2. The van der Waals surface area contributed by atoms with E-state index in [1.54, 1.807) is 4.90 Å². The summed E-state index contributed by atoms with van der Waals surface area (Å²) in [7, 11) is 0. The van der Waals surface area contributed by atoms with Crippen LogP contribution in [0.5, 0.6) is 0 Å². The summed E-state index contributed by atoms with van der Waals surface area (Å²) >= 11 is 0. The Morgan fingerprint density at radius 1 is 1.27 bits per heavy atom. The number of likely N-dealkylation sites (tertiary alicyclic amines) is 1. The summed E-state index contributed by atoms with van der Waals surface area (Å²) in [4.78, 5) is 14.5. The highest BCUT2D eigenvalue weighted by atomic mass is 35.5. The number of carbonyl (C=O) groups is 1. The molecule has 7 heteroatoms. The molecule has 0 aliphatic carbocycles. The fourth-order valence-corrected chi connectivity index (χ4v) is 3.48. The monoisotopic (exact) mass is 378 g/mol. The minimum Gasteiger partial charge on any atom is -0.396 e. The molecule has 1 aliphatic heterocycles. The maximum atomic E-state index is 12.7. The third-order valence-corrected chi connectivity index (χ3v) is 4.92. The average Bonchev–Trinajstić information content (AvgIpc) is 3.10. The van der Waals surface area contributed by atoms with Crippen molar-refractivity contribution in [3.63, 3.8) is 0 Å². The van der Waals surface area contributed by atoms with E-state index in [0.29, 0.717) is 31.6 Å². The molecule has 1 saturated heterocycles. The van der Waals surface area contributed by atoms with Crippen molar-refractivity contribution in [2.24, 2.45) is 11.7 Å². The van der Waals surface area contributed by atoms with Crippen molar-refractivity contribution in [3.05, 3.63) is 52.8 Å². The predicted octanol–water partition coefficient (Wildman–Crippen LogP) is 1.75. The van der Waals surface area contributed by atoms with Crippen molar-refractivity contribution in [2.45, 2.75) is 32.9 Å². The molecular weight excluding hydrogens is 352 g/mol. The zero-order chi connectivity index (χ0) is 18.0. The van der Waals surface area contributed by atoms with Gasteiger partial charge in [-0.2, -0.15) is 5.10 Å². The Morgan fingerprint density at radius 3 is 2.54 bits per heavy atom. The number of aliphatic hydroxyl groups is 1. The Kier molecular flexibility index (Phi) is 6.81. The van der Waals surface area contributed by atoms with E-state index in [-0.39, 0.29) is 36.9 Å². The minimum atomic E-state index is -0.0543. The highest BCUT2D eigenvalue weighted by molar-refractivity contribution is 5.94. The summed E-state index contributed by atoms with van der Waals surface area (Å²) in [6, 6.07) is 9.69. The number of aliphatic hydroxyl groups excluding tert-OH is 1. The molecule has 1 amide bonds. The van der Waals surface area contributed by atoms with Gasteiger partial charge in [0.2, 0.25) is 0 Å². The number of nitrogens with two attached hydrogens (primary N) is 1. The number of hydrogen-bond acceptors (Lipinski definition) is 4. The number of rotatable bonds is 5. The van der Waals surface area contributed by atoms with Crippen LogP contribution < -0.4 is 5.73 Å². The molecule has 1 aromatic heterocycles. The highest BCUT2D eigenvalue weighted by Crippen LogP contribution is 2.21. The smallest absolute Gasteiger partial charge is 0.253 e.